The highest BCUT2D eigenvalue weighted by Gasteiger charge is 2.04. The fourth-order valence-electron chi connectivity index (χ4n) is 1.41. The molecular weight excluding hydrogens is 221 g/mol. The number of hydrogen-bond acceptors (Lipinski definition) is 4. The largest absolute Gasteiger partial charge is 0.494 e. The van der Waals surface area contributed by atoms with E-state index < -0.39 is 5.82 Å². The van der Waals surface area contributed by atoms with Crippen molar-refractivity contribution in [1.82, 2.24) is 4.98 Å². The molecule has 0 bridgehead atoms. The van der Waals surface area contributed by atoms with Gasteiger partial charge in [0.25, 0.3) is 0 Å². The molecule has 0 aliphatic heterocycles. The first-order chi connectivity index (χ1) is 8.19. The molecule has 88 valence electrons. The summed E-state index contributed by atoms with van der Waals surface area (Å²) in [6.45, 7) is 0. The van der Waals surface area contributed by atoms with Crippen LogP contribution in [0.2, 0.25) is 0 Å². The lowest BCUT2D eigenvalue weighted by Crippen LogP contribution is -1.96. The molecule has 3 N–H and O–H groups in total. The number of nitrogens with zero attached hydrogens (tertiary/aromatic N) is 1. The van der Waals surface area contributed by atoms with E-state index in [2.05, 4.69) is 10.3 Å². The summed E-state index contributed by atoms with van der Waals surface area (Å²) in [5, 5.41) is 2.95. The normalized spacial score (nSPS) is 10.0. The number of nitrogens with two attached hydrogens (primary N) is 1. The van der Waals surface area contributed by atoms with Crippen molar-refractivity contribution in [3.8, 4) is 5.75 Å². The lowest BCUT2D eigenvalue weighted by molar-refractivity contribution is 0.386. The van der Waals surface area contributed by atoms with Crippen LogP contribution in [-0.2, 0) is 0 Å². The van der Waals surface area contributed by atoms with Crippen molar-refractivity contribution in [2.75, 3.05) is 18.2 Å². The number of hydrogen-bond donors (Lipinski definition) is 2. The first-order valence-corrected chi connectivity index (χ1v) is 5.01. The van der Waals surface area contributed by atoms with Crippen LogP contribution in [0.25, 0.3) is 0 Å². The Morgan fingerprint density at radius 2 is 2.12 bits per heavy atom. The van der Waals surface area contributed by atoms with E-state index in [4.69, 9.17) is 10.5 Å². The molecule has 0 spiro atoms. The Balaban J connectivity index is 2.22. The van der Waals surface area contributed by atoms with E-state index in [1.54, 1.807) is 30.5 Å². The van der Waals surface area contributed by atoms with Crippen LogP contribution in [-0.4, -0.2) is 12.1 Å². The van der Waals surface area contributed by atoms with Gasteiger partial charge in [0, 0.05) is 29.7 Å². The number of aromatic nitrogens is 1. The van der Waals surface area contributed by atoms with Gasteiger partial charge in [-0.1, -0.05) is 0 Å². The standard InChI is InChI=1S/C12H12FN3O/c1-17-11-3-2-9(7-10(11)13)16-12-6-8(14)4-5-15-12/h2-7H,1H3,(H3,14,15,16). The van der Waals surface area contributed by atoms with Gasteiger partial charge in [-0.3, -0.25) is 0 Å². The minimum absolute atomic E-state index is 0.205. The van der Waals surface area contributed by atoms with E-state index in [1.807, 2.05) is 0 Å². The highest BCUT2D eigenvalue weighted by molar-refractivity contribution is 5.60. The first kappa shape index (κ1) is 11.2. The van der Waals surface area contributed by atoms with Crippen molar-refractivity contribution in [2.24, 2.45) is 0 Å². The third-order valence-corrected chi connectivity index (χ3v) is 2.21. The molecule has 0 radical (unpaired) electrons. The maximum atomic E-state index is 13.4. The quantitative estimate of drug-likeness (QED) is 0.855. The zero-order valence-corrected chi connectivity index (χ0v) is 9.27. The minimum Gasteiger partial charge on any atom is -0.494 e. The van der Waals surface area contributed by atoms with E-state index in [-0.39, 0.29) is 5.75 Å². The van der Waals surface area contributed by atoms with Crippen LogP contribution in [0.15, 0.2) is 36.5 Å². The van der Waals surface area contributed by atoms with E-state index in [9.17, 15) is 4.39 Å². The molecule has 0 unspecified atom stereocenters. The molecule has 0 amide bonds. The van der Waals surface area contributed by atoms with Crippen LogP contribution in [0.5, 0.6) is 5.75 Å². The van der Waals surface area contributed by atoms with Crippen LogP contribution in [0.3, 0.4) is 0 Å². The predicted octanol–water partition coefficient (Wildman–Crippen LogP) is 2.56. The average molecular weight is 233 g/mol. The smallest absolute Gasteiger partial charge is 0.167 e. The summed E-state index contributed by atoms with van der Waals surface area (Å²) < 4.78 is 18.3. The Labute approximate surface area is 98.2 Å². The maximum absolute atomic E-state index is 13.4. The third-order valence-electron chi connectivity index (χ3n) is 2.21. The summed E-state index contributed by atoms with van der Waals surface area (Å²) in [6.07, 6.45) is 1.58. The van der Waals surface area contributed by atoms with Gasteiger partial charge in [0.2, 0.25) is 0 Å². The van der Waals surface area contributed by atoms with Crippen LogP contribution in [0.4, 0.5) is 21.6 Å². The van der Waals surface area contributed by atoms with Gasteiger partial charge in [-0.2, -0.15) is 0 Å². The van der Waals surface area contributed by atoms with Crippen molar-refractivity contribution in [3.63, 3.8) is 0 Å². The third kappa shape index (κ3) is 2.63. The average Bonchev–Trinajstić information content (AvgIpc) is 2.29. The molecule has 0 saturated carbocycles. The summed E-state index contributed by atoms with van der Waals surface area (Å²) >= 11 is 0. The van der Waals surface area contributed by atoms with Gasteiger partial charge in [0.15, 0.2) is 11.6 Å². The van der Waals surface area contributed by atoms with E-state index >= 15 is 0 Å². The van der Waals surface area contributed by atoms with Gasteiger partial charge in [0.05, 0.1) is 7.11 Å². The van der Waals surface area contributed by atoms with Gasteiger partial charge < -0.3 is 15.8 Å². The molecule has 1 aromatic carbocycles. The second kappa shape index (κ2) is 4.69. The zero-order valence-electron chi connectivity index (χ0n) is 9.27. The maximum Gasteiger partial charge on any atom is 0.167 e. The summed E-state index contributed by atoms with van der Waals surface area (Å²) in [7, 11) is 1.42. The molecule has 2 rings (SSSR count). The first-order valence-electron chi connectivity index (χ1n) is 5.01. The summed E-state index contributed by atoms with van der Waals surface area (Å²) in [5.74, 6) is 0.340. The number of nitrogens with one attached hydrogen (secondary N) is 1. The second-order valence-corrected chi connectivity index (χ2v) is 3.45. The van der Waals surface area contributed by atoms with Crippen molar-refractivity contribution in [1.29, 1.82) is 0 Å². The lowest BCUT2D eigenvalue weighted by atomic mass is 10.3. The number of anilines is 3. The molecule has 17 heavy (non-hydrogen) atoms. The molecule has 0 fully saturated rings. The predicted molar refractivity (Wildman–Crippen MR) is 64.9 cm³/mol. The topological polar surface area (TPSA) is 60.2 Å². The Morgan fingerprint density at radius 1 is 1.29 bits per heavy atom. The fraction of sp³-hybridized carbons (Fsp3) is 0.0833. The number of halogens is 1. The highest BCUT2D eigenvalue weighted by atomic mass is 19.1. The molecular formula is C12H12FN3O. The zero-order chi connectivity index (χ0) is 12.3. The van der Waals surface area contributed by atoms with Crippen molar-refractivity contribution >= 4 is 17.2 Å². The van der Waals surface area contributed by atoms with E-state index in [0.29, 0.717) is 17.2 Å². The minimum atomic E-state index is -0.429. The van der Waals surface area contributed by atoms with Gasteiger partial charge in [-0.25, -0.2) is 9.37 Å². The molecule has 0 aliphatic carbocycles. The Bertz CT molecular complexity index is 531. The highest BCUT2D eigenvalue weighted by Crippen LogP contribution is 2.23. The van der Waals surface area contributed by atoms with Crippen LogP contribution in [0, 0.1) is 5.82 Å². The summed E-state index contributed by atoms with van der Waals surface area (Å²) in [5.41, 5.74) is 6.79. The van der Waals surface area contributed by atoms with Crippen molar-refractivity contribution in [3.05, 3.63) is 42.3 Å². The molecule has 0 saturated heterocycles. The summed E-state index contributed by atoms with van der Waals surface area (Å²) in [4.78, 5) is 4.06. The number of nitrogen functional groups attached to an aromatic ring is 1. The Kier molecular flexibility index (Phi) is 3.09. The molecule has 2 aromatic rings. The number of rotatable bonds is 3. The number of methoxy groups -OCH3 is 1. The van der Waals surface area contributed by atoms with Crippen LogP contribution < -0.4 is 15.8 Å². The van der Waals surface area contributed by atoms with Gasteiger partial charge in [-0.15, -0.1) is 0 Å². The number of pyridine rings is 1. The van der Waals surface area contributed by atoms with Gasteiger partial charge in [0.1, 0.15) is 5.82 Å². The molecule has 4 nitrogen and oxygen atoms in total. The fourth-order valence-corrected chi connectivity index (χ4v) is 1.41. The van der Waals surface area contributed by atoms with E-state index in [0.717, 1.165) is 0 Å². The summed E-state index contributed by atoms with van der Waals surface area (Å²) in [6, 6.07) is 7.93. The molecule has 0 atom stereocenters. The van der Waals surface area contributed by atoms with Gasteiger partial charge in [-0.05, 0) is 18.2 Å². The number of ether oxygens (including phenoxy) is 1. The van der Waals surface area contributed by atoms with Crippen LogP contribution >= 0.6 is 0 Å². The SMILES string of the molecule is COc1ccc(Nc2cc(N)ccn2)cc1F. The van der Waals surface area contributed by atoms with Crippen LogP contribution in [0.1, 0.15) is 0 Å². The lowest BCUT2D eigenvalue weighted by Gasteiger charge is -2.07. The molecule has 1 heterocycles. The van der Waals surface area contributed by atoms with Gasteiger partial charge >= 0.3 is 0 Å². The van der Waals surface area contributed by atoms with Crippen molar-refractivity contribution in [2.45, 2.75) is 0 Å². The molecule has 5 heteroatoms. The Morgan fingerprint density at radius 3 is 2.76 bits per heavy atom. The number of benzene rings is 1. The second-order valence-electron chi connectivity index (χ2n) is 3.45. The van der Waals surface area contributed by atoms with Crippen molar-refractivity contribution < 1.29 is 9.13 Å². The molecule has 1 aromatic heterocycles. The monoisotopic (exact) mass is 233 g/mol. The Hall–Kier alpha value is -2.30. The molecule has 0 aliphatic rings. The van der Waals surface area contributed by atoms with E-state index in [1.165, 1.54) is 13.2 Å².